The number of rotatable bonds is 5. The molecule has 1 aliphatic carbocycles. The Balaban J connectivity index is 1.17. The molecule has 1 unspecified atom stereocenters. The van der Waals surface area contributed by atoms with Crippen LogP contribution in [0.25, 0.3) is 11.2 Å². The maximum atomic E-state index is 13.8. The fourth-order valence-corrected chi connectivity index (χ4v) is 4.46. The van der Waals surface area contributed by atoms with Crippen molar-refractivity contribution in [3.8, 4) is 5.75 Å². The van der Waals surface area contributed by atoms with Crippen molar-refractivity contribution in [3.63, 3.8) is 0 Å². The predicted octanol–water partition coefficient (Wildman–Crippen LogP) is 3.52. The third-order valence-corrected chi connectivity index (χ3v) is 6.09. The van der Waals surface area contributed by atoms with E-state index < -0.39 is 5.82 Å². The van der Waals surface area contributed by atoms with Gasteiger partial charge in [0, 0.05) is 37.3 Å². The lowest BCUT2D eigenvalue weighted by Crippen LogP contribution is -2.26. The summed E-state index contributed by atoms with van der Waals surface area (Å²) in [5, 5.41) is 0.385. The van der Waals surface area contributed by atoms with Crippen LogP contribution in [-0.4, -0.2) is 39.1 Å². The highest BCUT2D eigenvalue weighted by Gasteiger charge is 2.55. The molecule has 1 aromatic carbocycles. The monoisotopic (exact) mass is 386 g/mol. The number of hydrogen-bond donors (Lipinski definition) is 0. The summed E-state index contributed by atoms with van der Waals surface area (Å²) in [5.41, 5.74) is 1.86. The van der Waals surface area contributed by atoms with Crippen molar-refractivity contribution in [1.29, 1.82) is 0 Å². The van der Waals surface area contributed by atoms with E-state index >= 15 is 0 Å². The first-order valence-electron chi connectivity index (χ1n) is 9.16. The van der Waals surface area contributed by atoms with Crippen molar-refractivity contribution < 1.29 is 9.13 Å². The Morgan fingerprint density at radius 1 is 1.26 bits per heavy atom. The number of piperidine rings is 1. The van der Waals surface area contributed by atoms with Crippen LogP contribution in [0.3, 0.4) is 0 Å². The van der Waals surface area contributed by atoms with Crippen molar-refractivity contribution in [2.75, 3.05) is 19.7 Å². The Hall–Kier alpha value is -2.18. The number of halogens is 2. The van der Waals surface area contributed by atoms with Gasteiger partial charge < -0.3 is 9.30 Å². The van der Waals surface area contributed by atoms with E-state index in [0.717, 1.165) is 36.6 Å². The minimum atomic E-state index is -0.398. The summed E-state index contributed by atoms with van der Waals surface area (Å²) in [6, 6.07) is 8.45. The molecule has 27 heavy (non-hydrogen) atoms. The first-order valence-corrected chi connectivity index (χ1v) is 9.54. The smallest absolute Gasteiger partial charge is 0.166 e. The van der Waals surface area contributed by atoms with Gasteiger partial charge in [0.2, 0.25) is 0 Å². The number of aromatic nitrogens is 3. The van der Waals surface area contributed by atoms with Crippen LogP contribution in [0.2, 0.25) is 5.02 Å². The molecule has 3 atom stereocenters. The van der Waals surface area contributed by atoms with Crippen LogP contribution in [0.5, 0.6) is 5.75 Å². The molecule has 3 aromatic rings. The number of likely N-dealkylation sites (tertiary alicyclic amines) is 1. The van der Waals surface area contributed by atoms with Crippen molar-refractivity contribution in [3.05, 3.63) is 53.2 Å². The van der Waals surface area contributed by atoms with Crippen LogP contribution in [0, 0.1) is 23.6 Å². The molecular formula is C20H20ClFN4O. The van der Waals surface area contributed by atoms with Crippen LogP contribution >= 0.6 is 11.6 Å². The summed E-state index contributed by atoms with van der Waals surface area (Å²) in [5.74, 6) is 2.71. The molecule has 1 saturated heterocycles. The lowest BCUT2D eigenvalue weighted by molar-refractivity contribution is 0.222. The Morgan fingerprint density at radius 3 is 2.81 bits per heavy atom. The summed E-state index contributed by atoms with van der Waals surface area (Å²) >= 11 is 5.78. The molecule has 0 spiro atoms. The van der Waals surface area contributed by atoms with E-state index in [9.17, 15) is 4.39 Å². The molecule has 5 nitrogen and oxygen atoms in total. The number of hydrogen-bond acceptors (Lipinski definition) is 4. The molecule has 140 valence electrons. The fourth-order valence-electron chi connectivity index (χ4n) is 4.30. The zero-order chi connectivity index (χ0) is 18.5. The summed E-state index contributed by atoms with van der Waals surface area (Å²) in [6.07, 6.45) is 1.80. The van der Waals surface area contributed by atoms with Gasteiger partial charge in [-0.25, -0.2) is 14.4 Å². The Kier molecular flexibility index (Phi) is 4.06. The summed E-state index contributed by atoms with van der Waals surface area (Å²) in [4.78, 5) is 11.6. The van der Waals surface area contributed by atoms with E-state index in [0.29, 0.717) is 29.4 Å². The van der Waals surface area contributed by atoms with Crippen molar-refractivity contribution in [2.45, 2.75) is 6.54 Å². The minimum Gasteiger partial charge on any atom is -0.490 e. The summed E-state index contributed by atoms with van der Waals surface area (Å²) < 4.78 is 21.6. The second-order valence-corrected chi connectivity index (χ2v) is 7.94. The first-order chi connectivity index (χ1) is 13.1. The third kappa shape index (κ3) is 3.07. The molecule has 7 heteroatoms. The standard InChI is InChI=1S/C20H20ClFN4O/c1-25-19(24-17-3-2-6-23-20(17)25)10-26-8-13-14(9-26)15(13)11-27-18-5-4-12(21)7-16(18)22/h2-7,13-15H,8-11H2,1H3/t13-,14+,15?. The van der Waals surface area contributed by atoms with E-state index in [1.165, 1.54) is 6.07 Å². The number of pyridine rings is 1. The molecule has 0 radical (unpaired) electrons. The normalized spacial score (nSPS) is 24.3. The summed E-state index contributed by atoms with van der Waals surface area (Å²) in [6.45, 7) is 3.48. The Bertz CT molecular complexity index is 995. The van der Waals surface area contributed by atoms with Crippen LogP contribution in [0.1, 0.15) is 5.82 Å². The van der Waals surface area contributed by atoms with E-state index in [1.54, 1.807) is 18.3 Å². The van der Waals surface area contributed by atoms with E-state index in [4.69, 9.17) is 21.3 Å². The van der Waals surface area contributed by atoms with Crippen molar-refractivity contribution in [1.82, 2.24) is 19.4 Å². The number of aryl methyl sites for hydroxylation is 1. The Labute approximate surface area is 161 Å². The quantitative estimate of drug-likeness (QED) is 0.673. The molecule has 2 aliphatic rings. The molecule has 0 N–H and O–H groups in total. The lowest BCUT2D eigenvalue weighted by atomic mass is 10.2. The SMILES string of the molecule is Cn1c(CN2C[C@@H]3C(COc4ccc(Cl)cc4F)[C@@H]3C2)nc2cccnc21. The number of ether oxygens (including phenoxy) is 1. The van der Waals surface area contributed by atoms with Gasteiger partial charge in [0.1, 0.15) is 11.3 Å². The average Bonchev–Trinajstić information content (AvgIpc) is 2.98. The highest BCUT2D eigenvalue weighted by atomic mass is 35.5. The van der Waals surface area contributed by atoms with E-state index in [1.807, 2.05) is 19.2 Å². The fraction of sp³-hybridized carbons (Fsp3) is 0.400. The highest BCUT2D eigenvalue weighted by molar-refractivity contribution is 6.30. The van der Waals surface area contributed by atoms with E-state index in [-0.39, 0.29) is 5.75 Å². The molecule has 2 fully saturated rings. The number of nitrogens with zero attached hydrogens (tertiary/aromatic N) is 4. The highest BCUT2D eigenvalue weighted by Crippen LogP contribution is 2.52. The Morgan fingerprint density at radius 2 is 2.07 bits per heavy atom. The zero-order valence-corrected chi connectivity index (χ0v) is 15.7. The zero-order valence-electron chi connectivity index (χ0n) is 15.0. The van der Waals surface area contributed by atoms with Gasteiger partial charge in [0.15, 0.2) is 17.2 Å². The van der Waals surface area contributed by atoms with Crippen molar-refractivity contribution in [2.24, 2.45) is 24.8 Å². The van der Waals surface area contributed by atoms with Crippen molar-refractivity contribution >= 4 is 22.8 Å². The van der Waals surface area contributed by atoms with E-state index in [2.05, 4.69) is 14.5 Å². The van der Waals surface area contributed by atoms with Crippen LogP contribution < -0.4 is 4.74 Å². The maximum Gasteiger partial charge on any atom is 0.166 e. The number of benzene rings is 1. The van der Waals surface area contributed by atoms with Gasteiger partial charge >= 0.3 is 0 Å². The maximum absolute atomic E-state index is 13.8. The largest absolute Gasteiger partial charge is 0.490 e. The third-order valence-electron chi connectivity index (χ3n) is 5.86. The molecular weight excluding hydrogens is 367 g/mol. The number of fused-ring (bicyclic) bond motifs is 2. The van der Waals surface area contributed by atoms with Gasteiger partial charge in [-0.05, 0) is 42.2 Å². The van der Waals surface area contributed by atoms with Gasteiger partial charge in [-0.2, -0.15) is 0 Å². The second kappa shape index (κ2) is 6.46. The van der Waals surface area contributed by atoms with Gasteiger partial charge in [0.25, 0.3) is 0 Å². The topological polar surface area (TPSA) is 43.2 Å². The van der Waals surface area contributed by atoms with Gasteiger partial charge in [-0.3, -0.25) is 4.90 Å². The molecule has 1 aliphatic heterocycles. The van der Waals surface area contributed by atoms with Gasteiger partial charge in [-0.1, -0.05) is 11.6 Å². The molecule has 2 aromatic heterocycles. The number of imidazole rings is 1. The summed E-state index contributed by atoms with van der Waals surface area (Å²) in [7, 11) is 2.02. The van der Waals surface area contributed by atoms with Crippen LogP contribution in [0.4, 0.5) is 4.39 Å². The molecule has 5 rings (SSSR count). The minimum absolute atomic E-state index is 0.286. The molecule has 0 bridgehead atoms. The lowest BCUT2D eigenvalue weighted by Gasteiger charge is -2.19. The predicted molar refractivity (Wildman–Crippen MR) is 101 cm³/mol. The van der Waals surface area contributed by atoms with Gasteiger partial charge in [0.05, 0.1) is 13.2 Å². The molecule has 1 saturated carbocycles. The average molecular weight is 387 g/mol. The van der Waals surface area contributed by atoms with Crippen LogP contribution in [0.15, 0.2) is 36.5 Å². The molecule has 0 amide bonds. The van der Waals surface area contributed by atoms with Crippen LogP contribution in [-0.2, 0) is 13.6 Å². The van der Waals surface area contributed by atoms with Gasteiger partial charge in [-0.15, -0.1) is 0 Å². The first kappa shape index (κ1) is 17.0. The second-order valence-electron chi connectivity index (χ2n) is 7.50. The molecule has 3 heterocycles.